The standard InChI is InChI=1S/C18H25N3O2/c1-2-3-4-5-9-13-21-18(17(15-22)19-20-21)12-14-23-16-10-7-6-8-11-16/h6-8,10-11,15H,2-5,9,12-14H2,1H3. The van der Waals surface area contributed by atoms with Gasteiger partial charge in [-0.05, 0) is 18.6 Å². The van der Waals surface area contributed by atoms with Gasteiger partial charge >= 0.3 is 0 Å². The second-order valence-electron chi connectivity index (χ2n) is 5.59. The number of aldehydes is 1. The summed E-state index contributed by atoms with van der Waals surface area (Å²) >= 11 is 0. The fraction of sp³-hybridized carbons (Fsp3) is 0.500. The molecule has 1 heterocycles. The number of hydrogen-bond acceptors (Lipinski definition) is 4. The molecule has 0 atom stereocenters. The van der Waals surface area contributed by atoms with E-state index < -0.39 is 0 Å². The predicted octanol–water partition coefficient (Wildman–Crippen LogP) is 3.68. The van der Waals surface area contributed by atoms with Crippen LogP contribution >= 0.6 is 0 Å². The summed E-state index contributed by atoms with van der Waals surface area (Å²) in [6.45, 7) is 3.53. The largest absolute Gasteiger partial charge is 0.493 e. The van der Waals surface area contributed by atoms with Crippen molar-refractivity contribution >= 4 is 6.29 Å². The molecule has 0 aliphatic rings. The van der Waals surface area contributed by atoms with Crippen LogP contribution in [0.15, 0.2) is 30.3 Å². The lowest BCUT2D eigenvalue weighted by molar-refractivity contribution is 0.111. The molecule has 124 valence electrons. The van der Waals surface area contributed by atoms with E-state index in [-0.39, 0.29) is 0 Å². The predicted molar refractivity (Wildman–Crippen MR) is 89.8 cm³/mol. The molecule has 0 saturated carbocycles. The number of nitrogens with zero attached hydrogens (tertiary/aromatic N) is 3. The van der Waals surface area contributed by atoms with Crippen LogP contribution in [0.2, 0.25) is 0 Å². The highest BCUT2D eigenvalue weighted by atomic mass is 16.5. The number of aryl methyl sites for hydroxylation is 1. The van der Waals surface area contributed by atoms with Crippen molar-refractivity contribution in [2.45, 2.75) is 52.0 Å². The van der Waals surface area contributed by atoms with Gasteiger partial charge in [0.1, 0.15) is 11.4 Å². The SMILES string of the molecule is CCCCCCCn1nnc(C=O)c1CCOc1ccccc1. The lowest BCUT2D eigenvalue weighted by Gasteiger charge is -2.08. The number of carbonyl (C=O) groups is 1. The first-order valence-electron chi connectivity index (χ1n) is 8.40. The minimum absolute atomic E-state index is 0.426. The van der Waals surface area contributed by atoms with Gasteiger partial charge in [-0.1, -0.05) is 56.0 Å². The van der Waals surface area contributed by atoms with Crippen LogP contribution in [0.1, 0.15) is 55.2 Å². The Bertz CT molecular complexity index is 581. The molecular weight excluding hydrogens is 290 g/mol. The molecule has 0 amide bonds. The third-order valence-electron chi connectivity index (χ3n) is 3.80. The molecule has 0 aliphatic carbocycles. The maximum Gasteiger partial charge on any atom is 0.172 e. The molecule has 23 heavy (non-hydrogen) atoms. The summed E-state index contributed by atoms with van der Waals surface area (Å²) in [6.07, 6.45) is 7.41. The third kappa shape index (κ3) is 5.51. The number of aromatic nitrogens is 3. The van der Waals surface area contributed by atoms with Crippen LogP contribution in [0.4, 0.5) is 0 Å². The topological polar surface area (TPSA) is 57.0 Å². The van der Waals surface area contributed by atoms with Gasteiger partial charge in [-0.3, -0.25) is 4.79 Å². The van der Waals surface area contributed by atoms with E-state index in [9.17, 15) is 4.79 Å². The number of para-hydroxylation sites is 1. The minimum atomic E-state index is 0.426. The molecule has 2 aromatic rings. The Balaban J connectivity index is 1.86. The first kappa shape index (κ1) is 17.2. The van der Waals surface area contributed by atoms with Crippen molar-refractivity contribution in [2.75, 3.05) is 6.61 Å². The van der Waals surface area contributed by atoms with E-state index in [2.05, 4.69) is 17.2 Å². The minimum Gasteiger partial charge on any atom is -0.493 e. The molecule has 2 rings (SSSR count). The summed E-state index contributed by atoms with van der Waals surface area (Å²) in [5, 5.41) is 8.07. The number of ether oxygens (including phenoxy) is 1. The fourth-order valence-corrected chi connectivity index (χ4v) is 2.52. The van der Waals surface area contributed by atoms with E-state index >= 15 is 0 Å². The molecule has 1 aromatic carbocycles. The molecule has 0 saturated heterocycles. The summed E-state index contributed by atoms with van der Waals surface area (Å²) in [7, 11) is 0. The summed E-state index contributed by atoms with van der Waals surface area (Å²) in [5.74, 6) is 0.832. The fourth-order valence-electron chi connectivity index (χ4n) is 2.52. The molecule has 0 fully saturated rings. The molecule has 0 N–H and O–H groups in total. The zero-order chi connectivity index (χ0) is 16.3. The van der Waals surface area contributed by atoms with Crippen LogP contribution in [0.3, 0.4) is 0 Å². The van der Waals surface area contributed by atoms with Gasteiger partial charge in [0.25, 0.3) is 0 Å². The lowest BCUT2D eigenvalue weighted by Crippen LogP contribution is -2.11. The average Bonchev–Trinajstić information content (AvgIpc) is 2.98. The maximum atomic E-state index is 11.1. The molecule has 0 unspecified atom stereocenters. The summed E-state index contributed by atoms with van der Waals surface area (Å²) in [4.78, 5) is 11.1. The highest BCUT2D eigenvalue weighted by molar-refractivity contribution is 5.73. The highest BCUT2D eigenvalue weighted by Gasteiger charge is 2.12. The highest BCUT2D eigenvalue weighted by Crippen LogP contribution is 2.12. The quantitative estimate of drug-likeness (QED) is 0.469. The summed E-state index contributed by atoms with van der Waals surface area (Å²) in [6, 6.07) is 9.67. The van der Waals surface area contributed by atoms with E-state index in [1.54, 1.807) is 0 Å². The van der Waals surface area contributed by atoms with E-state index in [0.29, 0.717) is 18.7 Å². The van der Waals surface area contributed by atoms with Gasteiger partial charge in [0.15, 0.2) is 6.29 Å². The summed E-state index contributed by atoms with van der Waals surface area (Å²) < 4.78 is 7.56. The van der Waals surface area contributed by atoms with Crippen molar-refractivity contribution in [1.29, 1.82) is 0 Å². The van der Waals surface area contributed by atoms with Gasteiger partial charge in [-0.2, -0.15) is 0 Å². The first-order chi connectivity index (χ1) is 11.3. The Kier molecular flexibility index (Phi) is 7.30. The molecule has 5 nitrogen and oxygen atoms in total. The molecule has 0 bridgehead atoms. The Hall–Kier alpha value is -2.17. The van der Waals surface area contributed by atoms with E-state index in [0.717, 1.165) is 30.7 Å². The van der Waals surface area contributed by atoms with Crippen molar-refractivity contribution in [3.63, 3.8) is 0 Å². The molecule has 0 spiro atoms. The van der Waals surface area contributed by atoms with Crippen LogP contribution in [0, 0.1) is 0 Å². The zero-order valence-electron chi connectivity index (χ0n) is 13.8. The van der Waals surface area contributed by atoms with Gasteiger partial charge in [-0.15, -0.1) is 5.10 Å². The smallest absolute Gasteiger partial charge is 0.172 e. The molecule has 5 heteroatoms. The maximum absolute atomic E-state index is 11.1. The molecule has 0 radical (unpaired) electrons. The van der Waals surface area contributed by atoms with Crippen molar-refractivity contribution in [3.8, 4) is 5.75 Å². The van der Waals surface area contributed by atoms with Crippen molar-refractivity contribution in [1.82, 2.24) is 15.0 Å². The molecule has 1 aromatic heterocycles. The molecular formula is C18H25N3O2. The Morgan fingerprint density at radius 1 is 1.13 bits per heavy atom. The third-order valence-corrected chi connectivity index (χ3v) is 3.80. The van der Waals surface area contributed by atoms with E-state index in [1.807, 2.05) is 35.0 Å². The van der Waals surface area contributed by atoms with Crippen LogP contribution in [-0.4, -0.2) is 27.9 Å². The number of hydrogen-bond donors (Lipinski definition) is 0. The van der Waals surface area contributed by atoms with Crippen LogP contribution in [-0.2, 0) is 13.0 Å². The number of unbranched alkanes of at least 4 members (excludes halogenated alkanes) is 4. The monoisotopic (exact) mass is 315 g/mol. The summed E-state index contributed by atoms with van der Waals surface area (Å²) in [5.41, 5.74) is 1.29. The Morgan fingerprint density at radius 3 is 2.65 bits per heavy atom. The van der Waals surface area contributed by atoms with Gasteiger partial charge in [0.2, 0.25) is 0 Å². The normalized spacial score (nSPS) is 10.7. The Labute approximate surface area is 137 Å². The second-order valence-corrected chi connectivity index (χ2v) is 5.59. The average molecular weight is 315 g/mol. The van der Waals surface area contributed by atoms with Crippen molar-refractivity contribution in [2.24, 2.45) is 0 Å². The van der Waals surface area contributed by atoms with Crippen molar-refractivity contribution in [3.05, 3.63) is 41.7 Å². The van der Waals surface area contributed by atoms with Crippen LogP contribution < -0.4 is 4.74 Å². The second kappa shape index (κ2) is 9.77. The van der Waals surface area contributed by atoms with Crippen LogP contribution in [0.25, 0.3) is 0 Å². The first-order valence-corrected chi connectivity index (χ1v) is 8.40. The van der Waals surface area contributed by atoms with Gasteiger partial charge < -0.3 is 4.74 Å². The van der Waals surface area contributed by atoms with E-state index in [4.69, 9.17) is 4.74 Å². The zero-order valence-corrected chi connectivity index (χ0v) is 13.8. The number of rotatable bonds is 11. The number of benzene rings is 1. The van der Waals surface area contributed by atoms with Gasteiger partial charge in [-0.25, -0.2) is 4.68 Å². The number of carbonyl (C=O) groups excluding carboxylic acids is 1. The van der Waals surface area contributed by atoms with Gasteiger partial charge in [0.05, 0.1) is 12.3 Å². The van der Waals surface area contributed by atoms with E-state index in [1.165, 1.54) is 25.7 Å². The Morgan fingerprint density at radius 2 is 1.91 bits per heavy atom. The van der Waals surface area contributed by atoms with Crippen LogP contribution in [0.5, 0.6) is 5.75 Å². The van der Waals surface area contributed by atoms with Crippen molar-refractivity contribution < 1.29 is 9.53 Å². The molecule has 0 aliphatic heterocycles. The lowest BCUT2D eigenvalue weighted by atomic mass is 10.1. The van der Waals surface area contributed by atoms with Gasteiger partial charge in [0, 0.05) is 13.0 Å².